The van der Waals surface area contributed by atoms with E-state index in [0.29, 0.717) is 6.42 Å². The summed E-state index contributed by atoms with van der Waals surface area (Å²) >= 11 is 0. The lowest BCUT2D eigenvalue weighted by Crippen LogP contribution is -2.13. The molecule has 13 heavy (non-hydrogen) atoms. The summed E-state index contributed by atoms with van der Waals surface area (Å²) in [5, 5.41) is 19.0. The molecule has 0 saturated carbocycles. The fraction of sp³-hybridized carbons (Fsp3) is 0.625. The van der Waals surface area contributed by atoms with Crippen LogP contribution in [0.1, 0.15) is 25.2 Å². The summed E-state index contributed by atoms with van der Waals surface area (Å²) < 4.78 is 0. The highest BCUT2D eigenvalue weighted by Crippen LogP contribution is 2.09. The molecule has 0 aromatic carbocycles. The molecule has 0 fully saturated rings. The van der Waals surface area contributed by atoms with Crippen molar-refractivity contribution in [3.8, 4) is 0 Å². The molecule has 2 N–H and O–H groups in total. The first kappa shape index (κ1) is 9.70. The zero-order valence-corrected chi connectivity index (χ0v) is 7.74. The number of hydrogen-bond donors (Lipinski definition) is 2. The number of nitrogens with one attached hydrogen (secondary N) is 1. The fourth-order valence-electron chi connectivity index (χ4n) is 1.10. The molecule has 0 aliphatic rings. The van der Waals surface area contributed by atoms with Crippen LogP contribution in [0.2, 0.25) is 0 Å². The number of aliphatic carboxylic acids is 1. The molecule has 0 spiro atoms. The first-order valence-corrected chi connectivity index (χ1v) is 4.26. The molecular formula is C8H13N3O2. The monoisotopic (exact) mass is 183 g/mol. The molecule has 1 heterocycles. The lowest BCUT2D eigenvalue weighted by atomic mass is 10.0. The van der Waals surface area contributed by atoms with E-state index in [4.69, 9.17) is 5.11 Å². The van der Waals surface area contributed by atoms with Crippen LogP contribution in [0.5, 0.6) is 0 Å². The van der Waals surface area contributed by atoms with Gasteiger partial charge in [-0.3, -0.25) is 4.79 Å². The van der Waals surface area contributed by atoms with Crippen molar-refractivity contribution in [2.24, 2.45) is 5.92 Å². The third-order valence-corrected chi connectivity index (χ3v) is 1.96. The number of rotatable bonds is 4. The lowest BCUT2D eigenvalue weighted by Gasteiger charge is -2.03. The molecule has 1 unspecified atom stereocenters. The number of aromatic nitrogens is 3. The van der Waals surface area contributed by atoms with Crippen LogP contribution in [-0.4, -0.2) is 26.5 Å². The number of carbonyl (C=O) groups is 1. The molecular weight excluding hydrogens is 170 g/mol. The van der Waals surface area contributed by atoms with Crippen molar-refractivity contribution >= 4 is 5.97 Å². The molecule has 0 bridgehead atoms. The molecule has 1 atom stereocenters. The molecule has 72 valence electrons. The smallest absolute Gasteiger partial charge is 0.306 e. The van der Waals surface area contributed by atoms with Crippen molar-refractivity contribution in [1.82, 2.24) is 15.4 Å². The zero-order chi connectivity index (χ0) is 9.84. The largest absolute Gasteiger partial charge is 0.481 e. The van der Waals surface area contributed by atoms with Crippen molar-refractivity contribution in [3.63, 3.8) is 0 Å². The predicted octanol–water partition coefficient (Wildman–Crippen LogP) is 0.630. The standard InChI is InChI=1S/C8H13N3O2/c1-3-6-7(10-11-9-6)4-5(2)8(12)13/h5H,3-4H2,1-2H3,(H,12,13)(H,9,10,11). The Morgan fingerprint density at radius 2 is 2.15 bits per heavy atom. The molecule has 0 amide bonds. The SMILES string of the molecule is CCc1n[nH]nc1CC(C)C(=O)O. The average molecular weight is 183 g/mol. The summed E-state index contributed by atoms with van der Waals surface area (Å²) in [5.41, 5.74) is 1.62. The van der Waals surface area contributed by atoms with Gasteiger partial charge in [0.2, 0.25) is 0 Å². The maximum atomic E-state index is 10.6. The van der Waals surface area contributed by atoms with Crippen LogP contribution < -0.4 is 0 Å². The Balaban J connectivity index is 2.68. The fourth-order valence-corrected chi connectivity index (χ4v) is 1.10. The van der Waals surface area contributed by atoms with E-state index >= 15 is 0 Å². The van der Waals surface area contributed by atoms with E-state index in [1.165, 1.54) is 0 Å². The van der Waals surface area contributed by atoms with Gasteiger partial charge in [0.1, 0.15) is 0 Å². The minimum absolute atomic E-state index is 0.407. The maximum Gasteiger partial charge on any atom is 0.306 e. The van der Waals surface area contributed by atoms with Crippen LogP contribution in [0.4, 0.5) is 0 Å². The molecule has 5 nitrogen and oxygen atoms in total. The molecule has 0 radical (unpaired) electrons. The van der Waals surface area contributed by atoms with Crippen LogP contribution >= 0.6 is 0 Å². The summed E-state index contributed by atoms with van der Waals surface area (Å²) in [6, 6.07) is 0. The van der Waals surface area contributed by atoms with Crippen molar-refractivity contribution in [2.75, 3.05) is 0 Å². The van der Waals surface area contributed by atoms with Gasteiger partial charge >= 0.3 is 5.97 Å². The van der Waals surface area contributed by atoms with Gasteiger partial charge < -0.3 is 5.11 Å². The van der Waals surface area contributed by atoms with Crippen molar-refractivity contribution < 1.29 is 9.90 Å². The van der Waals surface area contributed by atoms with Gasteiger partial charge in [-0.1, -0.05) is 13.8 Å². The first-order valence-electron chi connectivity index (χ1n) is 4.26. The van der Waals surface area contributed by atoms with Gasteiger partial charge in [-0.05, 0) is 6.42 Å². The van der Waals surface area contributed by atoms with Crippen LogP contribution in [0, 0.1) is 5.92 Å². The highest BCUT2D eigenvalue weighted by molar-refractivity contribution is 5.69. The summed E-state index contributed by atoms with van der Waals surface area (Å²) in [6.07, 6.45) is 1.22. The Morgan fingerprint density at radius 3 is 2.69 bits per heavy atom. The summed E-state index contributed by atoms with van der Waals surface area (Å²) in [6.45, 7) is 3.63. The Labute approximate surface area is 76.2 Å². The van der Waals surface area contributed by atoms with Gasteiger partial charge in [0, 0.05) is 6.42 Å². The Kier molecular flexibility index (Phi) is 3.00. The van der Waals surface area contributed by atoms with Gasteiger partial charge in [0.05, 0.1) is 17.3 Å². The number of carboxylic acids is 1. The highest BCUT2D eigenvalue weighted by Gasteiger charge is 2.15. The van der Waals surface area contributed by atoms with Gasteiger partial charge in [0.25, 0.3) is 0 Å². The van der Waals surface area contributed by atoms with Gasteiger partial charge in [0.15, 0.2) is 0 Å². The second kappa shape index (κ2) is 4.02. The predicted molar refractivity (Wildman–Crippen MR) is 46.3 cm³/mol. The van der Waals surface area contributed by atoms with Crippen LogP contribution in [0.25, 0.3) is 0 Å². The highest BCUT2D eigenvalue weighted by atomic mass is 16.4. The molecule has 0 aliphatic carbocycles. The van der Waals surface area contributed by atoms with Crippen LogP contribution in [0.15, 0.2) is 0 Å². The zero-order valence-electron chi connectivity index (χ0n) is 7.74. The first-order chi connectivity index (χ1) is 6.15. The van der Waals surface area contributed by atoms with Gasteiger partial charge in [-0.25, -0.2) is 0 Å². The van der Waals surface area contributed by atoms with Crippen LogP contribution in [-0.2, 0) is 17.6 Å². The van der Waals surface area contributed by atoms with E-state index in [2.05, 4.69) is 15.4 Å². The number of aryl methyl sites for hydroxylation is 1. The van der Waals surface area contributed by atoms with Crippen LogP contribution in [0.3, 0.4) is 0 Å². The quantitative estimate of drug-likeness (QED) is 0.717. The van der Waals surface area contributed by atoms with E-state index in [0.717, 1.165) is 17.8 Å². The number of hydrogen-bond acceptors (Lipinski definition) is 3. The van der Waals surface area contributed by atoms with Gasteiger partial charge in [-0.15, -0.1) is 0 Å². The Morgan fingerprint density at radius 1 is 1.54 bits per heavy atom. The van der Waals surface area contributed by atoms with Crippen molar-refractivity contribution in [3.05, 3.63) is 11.4 Å². The molecule has 1 aromatic rings. The Hall–Kier alpha value is -1.39. The lowest BCUT2D eigenvalue weighted by molar-refractivity contribution is -0.141. The third-order valence-electron chi connectivity index (χ3n) is 1.96. The molecule has 1 aromatic heterocycles. The normalized spacial score (nSPS) is 12.8. The number of H-pyrrole nitrogens is 1. The van der Waals surface area contributed by atoms with E-state index in [-0.39, 0.29) is 0 Å². The second-order valence-electron chi connectivity index (χ2n) is 3.01. The van der Waals surface area contributed by atoms with Crippen molar-refractivity contribution in [1.29, 1.82) is 0 Å². The van der Waals surface area contributed by atoms with E-state index in [1.807, 2.05) is 6.92 Å². The second-order valence-corrected chi connectivity index (χ2v) is 3.01. The van der Waals surface area contributed by atoms with E-state index in [9.17, 15) is 4.79 Å². The third kappa shape index (κ3) is 2.27. The summed E-state index contributed by atoms with van der Waals surface area (Å²) in [7, 11) is 0. The summed E-state index contributed by atoms with van der Waals surface area (Å²) in [4.78, 5) is 10.6. The molecule has 0 aliphatic heterocycles. The van der Waals surface area contributed by atoms with E-state index in [1.54, 1.807) is 6.92 Å². The molecule has 0 saturated heterocycles. The maximum absolute atomic E-state index is 10.6. The number of aromatic amines is 1. The number of carboxylic acid groups (broad SMARTS) is 1. The summed E-state index contributed by atoms with van der Waals surface area (Å²) in [5.74, 6) is -1.21. The number of nitrogens with zero attached hydrogens (tertiary/aromatic N) is 2. The topological polar surface area (TPSA) is 78.9 Å². The van der Waals surface area contributed by atoms with Crippen molar-refractivity contribution in [2.45, 2.75) is 26.7 Å². The minimum Gasteiger partial charge on any atom is -0.481 e. The van der Waals surface area contributed by atoms with Gasteiger partial charge in [-0.2, -0.15) is 15.4 Å². The minimum atomic E-state index is -0.801. The Bertz CT molecular complexity index is 295. The van der Waals surface area contributed by atoms with E-state index < -0.39 is 11.9 Å². The average Bonchev–Trinajstić information content (AvgIpc) is 2.51. The molecule has 1 rings (SSSR count). The molecule has 5 heteroatoms.